The van der Waals surface area contributed by atoms with E-state index in [4.69, 9.17) is 16.9 Å². The summed E-state index contributed by atoms with van der Waals surface area (Å²) < 4.78 is 25.4. The van der Waals surface area contributed by atoms with Gasteiger partial charge in [-0.25, -0.2) is 8.42 Å². The molecule has 0 N–H and O–H groups in total. The molecule has 0 aliphatic carbocycles. The Hall–Kier alpha value is -0.310. The summed E-state index contributed by atoms with van der Waals surface area (Å²) in [4.78, 5) is 0. The molecule has 0 aromatic rings. The van der Waals surface area contributed by atoms with E-state index in [1.807, 2.05) is 6.07 Å². The molecular formula is C10H19ClN2O2S. The average Bonchev–Trinajstić information content (AvgIpc) is 2.16. The van der Waals surface area contributed by atoms with E-state index in [9.17, 15) is 8.42 Å². The molecule has 0 rings (SSSR count). The van der Waals surface area contributed by atoms with Crippen LogP contribution in [-0.4, -0.2) is 36.9 Å². The largest absolute Gasteiger partial charge is 0.214 e. The number of nitrogens with zero attached hydrogens (tertiary/aromatic N) is 2. The van der Waals surface area contributed by atoms with E-state index in [0.29, 0.717) is 5.88 Å². The molecule has 0 bridgehead atoms. The summed E-state index contributed by atoms with van der Waals surface area (Å²) >= 11 is 5.61. The number of sulfonamides is 1. The topological polar surface area (TPSA) is 61.2 Å². The van der Waals surface area contributed by atoms with Gasteiger partial charge in [0.15, 0.2) is 0 Å². The molecule has 6 heteroatoms. The van der Waals surface area contributed by atoms with E-state index in [2.05, 4.69) is 0 Å². The molecule has 0 amide bonds. The van der Waals surface area contributed by atoms with Gasteiger partial charge in [-0.2, -0.15) is 9.57 Å². The van der Waals surface area contributed by atoms with Crippen LogP contribution in [0.15, 0.2) is 0 Å². The van der Waals surface area contributed by atoms with Gasteiger partial charge < -0.3 is 0 Å². The van der Waals surface area contributed by atoms with Crippen molar-refractivity contribution in [3.63, 3.8) is 0 Å². The van der Waals surface area contributed by atoms with Crippen molar-refractivity contribution in [1.82, 2.24) is 4.31 Å². The fourth-order valence-electron chi connectivity index (χ4n) is 1.38. The highest BCUT2D eigenvalue weighted by Gasteiger charge is 2.26. The van der Waals surface area contributed by atoms with Gasteiger partial charge in [-0.15, -0.1) is 11.6 Å². The van der Waals surface area contributed by atoms with Crippen LogP contribution < -0.4 is 0 Å². The first kappa shape index (κ1) is 15.7. The van der Waals surface area contributed by atoms with Gasteiger partial charge in [-0.05, 0) is 19.8 Å². The third-order valence-corrected chi connectivity index (χ3v) is 4.97. The van der Waals surface area contributed by atoms with Crippen molar-refractivity contribution in [2.24, 2.45) is 5.92 Å². The average molecular weight is 267 g/mol. The zero-order valence-corrected chi connectivity index (χ0v) is 11.6. The predicted octanol–water partition coefficient (Wildman–Crippen LogP) is 1.82. The van der Waals surface area contributed by atoms with Crippen molar-refractivity contribution in [3.05, 3.63) is 0 Å². The Morgan fingerprint density at radius 2 is 1.94 bits per heavy atom. The van der Waals surface area contributed by atoms with Gasteiger partial charge in [0.05, 0.1) is 11.8 Å². The minimum Gasteiger partial charge on any atom is -0.212 e. The molecule has 0 fully saturated rings. The zero-order valence-electron chi connectivity index (χ0n) is 9.98. The fraction of sp³-hybridized carbons (Fsp3) is 0.900. The first-order chi connectivity index (χ1) is 7.35. The summed E-state index contributed by atoms with van der Waals surface area (Å²) in [6.07, 6.45) is 0.215. The van der Waals surface area contributed by atoms with Gasteiger partial charge in [0.2, 0.25) is 10.0 Å². The third kappa shape index (κ3) is 5.15. The minimum atomic E-state index is -3.31. The van der Waals surface area contributed by atoms with Crippen molar-refractivity contribution in [2.75, 3.05) is 18.2 Å². The number of halogens is 1. The van der Waals surface area contributed by atoms with Crippen LogP contribution in [0.3, 0.4) is 0 Å². The molecule has 0 aromatic heterocycles. The third-order valence-electron chi connectivity index (χ3n) is 2.14. The minimum absolute atomic E-state index is 0.0418. The zero-order chi connectivity index (χ0) is 12.8. The second-order valence-corrected chi connectivity index (χ2v) is 6.43. The maximum absolute atomic E-state index is 12.0. The Bertz CT molecular complexity index is 335. The lowest BCUT2D eigenvalue weighted by Crippen LogP contribution is -2.40. The summed E-state index contributed by atoms with van der Waals surface area (Å²) in [5.74, 6) is 0.291. The standard InChI is InChI=1S/C10H19ClN2O2S/c1-9(2)13(6-4-5-12)16(14,15)8-10(3)7-11/h9-10H,4,6-8H2,1-3H3. The molecule has 0 saturated heterocycles. The van der Waals surface area contributed by atoms with E-state index in [1.165, 1.54) is 4.31 Å². The van der Waals surface area contributed by atoms with Crippen LogP contribution in [-0.2, 0) is 10.0 Å². The highest BCUT2D eigenvalue weighted by Crippen LogP contribution is 2.12. The van der Waals surface area contributed by atoms with Gasteiger partial charge in [0, 0.05) is 24.9 Å². The molecule has 0 aromatic carbocycles. The predicted molar refractivity (Wildman–Crippen MR) is 65.7 cm³/mol. The number of nitriles is 1. The van der Waals surface area contributed by atoms with Crippen molar-refractivity contribution in [3.8, 4) is 6.07 Å². The fourth-order valence-corrected chi connectivity index (χ4v) is 3.66. The van der Waals surface area contributed by atoms with E-state index < -0.39 is 10.0 Å². The summed E-state index contributed by atoms with van der Waals surface area (Å²) in [6.45, 7) is 5.67. The van der Waals surface area contributed by atoms with Crippen molar-refractivity contribution < 1.29 is 8.42 Å². The lowest BCUT2D eigenvalue weighted by molar-refractivity contribution is 0.358. The molecule has 0 heterocycles. The molecule has 94 valence electrons. The summed E-state index contributed by atoms with van der Waals surface area (Å²) in [5, 5.41) is 8.50. The van der Waals surface area contributed by atoms with Gasteiger partial charge in [0.25, 0.3) is 0 Å². The van der Waals surface area contributed by atoms with Gasteiger partial charge in [-0.3, -0.25) is 0 Å². The van der Waals surface area contributed by atoms with Crippen LogP contribution in [0.2, 0.25) is 0 Å². The number of hydrogen-bond donors (Lipinski definition) is 0. The van der Waals surface area contributed by atoms with Crippen molar-refractivity contribution in [2.45, 2.75) is 33.2 Å². The molecule has 16 heavy (non-hydrogen) atoms. The first-order valence-corrected chi connectivity index (χ1v) is 7.42. The first-order valence-electron chi connectivity index (χ1n) is 5.27. The second-order valence-electron chi connectivity index (χ2n) is 4.15. The Morgan fingerprint density at radius 1 is 1.38 bits per heavy atom. The number of alkyl halides is 1. The molecule has 0 spiro atoms. The molecule has 0 aliphatic rings. The number of hydrogen-bond acceptors (Lipinski definition) is 3. The lowest BCUT2D eigenvalue weighted by Gasteiger charge is -2.26. The quantitative estimate of drug-likeness (QED) is 0.661. The normalized spacial score (nSPS) is 14.1. The summed E-state index contributed by atoms with van der Waals surface area (Å²) in [6, 6.07) is 1.84. The monoisotopic (exact) mass is 266 g/mol. The van der Waals surface area contributed by atoms with E-state index in [-0.39, 0.29) is 30.7 Å². The van der Waals surface area contributed by atoms with Crippen LogP contribution in [0.4, 0.5) is 0 Å². The van der Waals surface area contributed by atoms with Crippen LogP contribution in [0, 0.1) is 17.2 Å². The summed E-state index contributed by atoms with van der Waals surface area (Å²) in [5.41, 5.74) is 0. The maximum Gasteiger partial charge on any atom is 0.214 e. The van der Waals surface area contributed by atoms with E-state index >= 15 is 0 Å². The van der Waals surface area contributed by atoms with E-state index in [1.54, 1.807) is 20.8 Å². The Labute approximate surface area is 103 Å². The molecule has 1 atom stereocenters. The summed E-state index contributed by atoms with van der Waals surface area (Å²) in [7, 11) is -3.31. The highest BCUT2D eigenvalue weighted by atomic mass is 35.5. The highest BCUT2D eigenvalue weighted by molar-refractivity contribution is 7.89. The maximum atomic E-state index is 12.0. The van der Waals surface area contributed by atoms with Crippen LogP contribution >= 0.6 is 11.6 Å². The Kier molecular flexibility index (Phi) is 6.96. The Balaban J connectivity index is 4.71. The molecule has 4 nitrogen and oxygen atoms in total. The molecular weight excluding hydrogens is 248 g/mol. The van der Waals surface area contributed by atoms with Crippen LogP contribution in [0.1, 0.15) is 27.2 Å². The van der Waals surface area contributed by atoms with Crippen molar-refractivity contribution >= 4 is 21.6 Å². The molecule has 0 saturated carbocycles. The van der Waals surface area contributed by atoms with Gasteiger partial charge in [0.1, 0.15) is 0 Å². The lowest BCUT2D eigenvalue weighted by atomic mass is 10.3. The molecule has 0 radical (unpaired) electrons. The molecule has 0 aliphatic heterocycles. The van der Waals surface area contributed by atoms with Gasteiger partial charge >= 0.3 is 0 Å². The Morgan fingerprint density at radius 3 is 2.31 bits per heavy atom. The SMILES string of the molecule is CC(CCl)CS(=O)(=O)N(CCC#N)C(C)C. The van der Waals surface area contributed by atoms with Gasteiger partial charge in [-0.1, -0.05) is 6.92 Å². The van der Waals surface area contributed by atoms with Crippen LogP contribution in [0.25, 0.3) is 0 Å². The van der Waals surface area contributed by atoms with E-state index in [0.717, 1.165) is 0 Å². The number of rotatable bonds is 7. The smallest absolute Gasteiger partial charge is 0.212 e. The van der Waals surface area contributed by atoms with Crippen LogP contribution in [0.5, 0.6) is 0 Å². The second kappa shape index (κ2) is 7.10. The van der Waals surface area contributed by atoms with Crippen molar-refractivity contribution in [1.29, 1.82) is 5.26 Å². The molecule has 1 unspecified atom stereocenters.